The molecule has 0 N–H and O–H groups in total. The predicted octanol–water partition coefficient (Wildman–Crippen LogP) is 13.7. The summed E-state index contributed by atoms with van der Waals surface area (Å²) >= 11 is 1.83. The number of hydrogen-bond acceptors (Lipinski definition) is 2. The van der Waals surface area contributed by atoms with E-state index in [9.17, 15) is 0 Å². The van der Waals surface area contributed by atoms with E-state index in [0.29, 0.717) is 0 Å². The van der Waals surface area contributed by atoms with Gasteiger partial charge in [-0.2, -0.15) is 0 Å². The summed E-state index contributed by atoms with van der Waals surface area (Å²) in [6.45, 7) is 0. The number of thiophene rings is 1. The monoisotopic (exact) mass is 685 g/mol. The highest BCUT2D eigenvalue weighted by Crippen LogP contribution is 2.58. The first-order valence-corrected chi connectivity index (χ1v) is 18.4. The van der Waals surface area contributed by atoms with Crippen molar-refractivity contribution in [3.05, 3.63) is 222 Å². The fraction of sp³-hybridized carbons (Fsp3) is 0.0204. The minimum Gasteiger partial charge on any atom is -0.310 e. The van der Waals surface area contributed by atoms with Gasteiger partial charge in [0.25, 0.3) is 0 Å². The third kappa shape index (κ3) is 4.74. The van der Waals surface area contributed by atoms with Gasteiger partial charge in [0.1, 0.15) is 5.82 Å². The van der Waals surface area contributed by atoms with E-state index in [4.69, 9.17) is 0 Å². The summed E-state index contributed by atoms with van der Waals surface area (Å²) in [5.74, 6) is -0.260. The topological polar surface area (TPSA) is 3.24 Å². The Morgan fingerprint density at radius 3 is 1.63 bits per heavy atom. The first kappa shape index (κ1) is 30.5. The van der Waals surface area contributed by atoms with E-state index < -0.39 is 5.41 Å². The maximum Gasteiger partial charge on any atom is 0.123 e. The number of halogens is 1. The van der Waals surface area contributed by atoms with Crippen molar-refractivity contribution in [1.29, 1.82) is 0 Å². The Kier molecular flexibility index (Phi) is 7.16. The average Bonchev–Trinajstić information content (AvgIpc) is 3.59. The maximum absolute atomic E-state index is 15.8. The fourth-order valence-corrected chi connectivity index (χ4v) is 9.36. The minimum atomic E-state index is -0.801. The van der Waals surface area contributed by atoms with Crippen molar-refractivity contribution in [2.75, 3.05) is 4.90 Å². The molecule has 0 radical (unpaired) electrons. The van der Waals surface area contributed by atoms with Crippen LogP contribution in [0.25, 0.3) is 42.4 Å². The molecule has 1 aliphatic heterocycles. The van der Waals surface area contributed by atoms with Crippen molar-refractivity contribution in [3.8, 4) is 22.3 Å². The zero-order valence-electron chi connectivity index (χ0n) is 28.2. The van der Waals surface area contributed by atoms with E-state index in [1.165, 1.54) is 25.7 Å². The molecule has 1 aromatic heterocycles. The predicted molar refractivity (Wildman–Crippen MR) is 217 cm³/mol. The fourth-order valence-electron chi connectivity index (χ4n) is 8.27. The normalized spacial score (nSPS) is 13.2. The Balaban J connectivity index is 1.26. The number of fused-ring (bicyclic) bond motifs is 5. The van der Waals surface area contributed by atoms with Crippen LogP contribution in [0.1, 0.15) is 22.3 Å². The Hall–Kier alpha value is -6.29. The smallest absolute Gasteiger partial charge is 0.123 e. The summed E-state index contributed by atoms with van der Waals surface area (Å²) in [6.07, 6.45) is 0. The van der Waals surface area contributed by atoms with Gasteiger partial charge >= 0.3 is 0 Å². The number of nitrogens with zero attached hydrogens (tertiary/aromatic N) is 1. The molecule has 9 aromatic rings. The summed E-state index contributed by atoms with van der Waals surface area (Å²) < 4.78 is 18.4. The third-order valence-corrected chi connectivity index (χ3v) is 11.8. The summed E-state index contributed by atoms with van der Waals surface area (Å²) in [4.78, 5) is 2.31. The highest BCUT2D eigenvalue weighted by atomic mass is 32.1. The van der Waals surface area contributed by atoms with Crippen LogP contribution in [0, 0.1) is 5.82 Å². The molecule has 1 nitrogen and oxygen atoms in total. The molecule has 10 rings (SSSR count). The van der Waals surface area contributed by atoms with Crippen molar-refractivity contribution in [2.24, 2.45) is 0 Å². The van der Waals surface area contributed by atoms with Crippen LogP contribution in [0.5, 0.6) is 0 Å². The Bertz CT molecular complexity index is 2700. The number of anilines is 3. The Morgan fingerprint density at radius 2 is 0.923 bits per heavy atom. The van der Waals surface area contributed by atoms with E-state index in [-0.39, 0.29) is 5.82 Å². The van der Waals surface area contributed by atoms with Crippen molar-refractivity contribution in [1.82, 2.24) is 0 Å². The van der Waals surface area contributed by atoms with Crippen LogP contribution in [-0.4, -0.2) is 0 Å². The third-order valence-electron chi connectivity index (χ3n) is 10.6. The minimum absolute atomic E-state index is 0.260. The molecular formula is C49H32FNS. The van der Waals surface area contributed by atoms with Gasteiger partial charge in [-0.25, -0.2) is 4.39 Å². The van der Waals surface area contributed by atoms with Crippen LogP contribution in [0.2, 0.25) is 0 Å². The van der Waals surface area contributed by atoms with Crippen molar-refractivity contribution >= 4 is 48.6 Å². The van der Waals surface area contributed by atoms with Gasteiger partial charge in [0, 0.05) is 25.9 Å². The highest BCUT2D eigenvalue weighted by molar-refractivity contribution is 7.25. The molecule has 0 fully saturated rings. The molecule has 0 amide bonds. The van der Waals surface area contributed by atoms with Crippen LogP contribution < -0.4 is 4.90 Å². The lowest BCUT2D eigenvalue weighted by Gasteiger charge is -2.46. The molecule has 0 unspecified atom stereocenters. The lowest BCUT2D eigenvalue weighted by molar-refractivity contribution is 0.618. The zero-order chi connectivity index (χ0) is 34.6. The van der Waals surface area contributed by atoms with Crippen LogP contribution >= 0.6 is 11.3 Å². The van der Waals surface area contributed by atoms with Crippen molar-refractivity contribution in [3.63, 3.8) is 0 Å². The average molecular weight is 686 g/mol. The van der Waals surface area contributed by atoms with Crippen molar-refractivity contribution < 1.29 is 4.39 Å². The molecule has 3 heteroatoms. The molecular weight excluding hydrogens is 654 g/mol. The molecule has 52 heavy (non-hydrogen) atoms. The second-order valence-corrected chi connectivity index (χ2v) is 14.5. The Labute approximate surface area is 306 Å². The van der Waals surface area contributed by atoms with Gasteiger partial charge in [-0.3, -0.25) is 0 Å². The van der Waals surface area contributed by atoms with E-state index in [2.05, 4.69) is 175 Å². The van der Waals surface area contributed by atoms with E-state index in [0.717, 1.165) is 56.0 Å². The van der Waals surface area contributed by atoms with E-state index in [1.807, 2.05) is 23.5 Å². The summed E-state index contributed by atoms with van der Waals surface area (Å²) in [6, 6.07) is 68.0. The van der Waals surface area contributed by atoms with Gasteiger partial charge < -0.3 is 4.90 Å². The van der Waals surface area contributed by atoms with Gasteiger partial charge in [0.05, 0.1) is 16.8 Å². The molecule has 0 saturated carbocycles. The van der Waals surface area contributed by atoms with E-state index >= 15 is 4.39 Å². The first-order chi connectivity index (χ1) is 25.7. The van der Waals surface area contributed by atoms with E-state index in [1.54, 1.807) is 12.1 Å². The molecule has 2 heterocycles. The second-order valence-electron chi connectivity index (χ2n) is 13.4. The number of hydrogen-bond donors (Lipinski definition) is 0. The molecule has 0 aliphatic carbocycles. The Morgan fingerprint density at radius 1 is 0.404 bits per heavy atom. The van der Waals surface area contributed by atoms with Gasteiger partial charge in [-0.05, 0) is 105 Å². The molecule has 246 valence electrons. The maximum atomic E-state index is 15.8. The van der Waals surface area contributed by atoms with Crippen LogP contribution in [0.3, 0.4) is 0 Å². The molecule has 0 spiro atoms. The van der Waals surface area contributed by atoms with Gasteiger partial charge in [-0.1, -0.05) is 133 Å². The summed E-state index contributed by atoms with van der Waals surface area (Å²) in [5.41, 5.74) is 11.0. The van der Waals surface area contributed by atoms with Crippen LogP contribution in [0.15, 0.2) is 194 Å². The summed E-state index contributed by atoms with van der Waals surface area (Å²) in [7, 11) is 0. The SMILES string of the molecule is Fc1ccc2c(c1)C(c1ccccc1)(c1ccccc1)c1cc(-c3ccc4sc5ccccc5c4c3)ccc1N2c1ccc(-c2ccccc2)cc1. The first-order valence-electron chi connectivity index (χ1n) is 17.6. The van der Waals surface area contributed by atoms with Gasteiger partial charge in [0.15, 0.2) is 0 Å². The molecule has 1 aliphatic rings. The van der Waals surface area contributed by atoms with Crippen molar-refractivity contribution in [2.45, 2.75) is 5.41 Å². The largest absolute Gasteiger partial charge is 0.310 e. The summed E-state index contributed by atoms with van der Waals surface area (Å²) in [5, 5.41) is 2.54. The zero-order valence-corrected chi connectivity index (χ0v) is 29.0. The molecule has 0 atom stereocenters. The number of rotatable bonds is 5. The van der Waals surface area contributed by atoms with Crippen LogP contribution in [0.4, 0.5) is 21.5 Å². The van der Waals surface area contributed by atoms with Gasteiger partial charge in [-0.15, -0.1) is 11.3 Å². The number of benzene rings is 8. The molecule has 8 aromatic carbocycles. The quantitative estimate of drug-likeness (QED) is 0.174. The second kappa shape index (κ2) is 12.2. The standard InChI is InChI=1S/C49H32FNS/c50-39-24-28-46-44(32-39)49(37-14-6-2-7-15-37,38-16-8-3-9-17-38)43-31-36(35-23-29-48-42(30-35)41-18-10-11-19-47(41)52-48)22-27-45(43)51(46)40-25-20-34(21-26-40)33-12-4-1-5-13-33/h1-32H. The van der Waals surface area contributed by atoms with Gasteiger partial charge in [0.2, 0.25) is 0 Å². The lowest BCUT2D eigenvalue weighted by atomic mass is 9.62. The molecule has 0 bridgehead atoms. The lowest BCUT2D eigenvalue weighted by Crippen LogP contribution is -2.38. The molecule has 0 saturated heterocycles. The van der Waals surface area contributed by atoms with Crippen LogP contribution in [-0.2, 0) is 5.41 Å². The highest BCUT2D eigenvalue weighted by Gasteiger charge is 2.47.